The molecule has 0 unspecified atom stereocenters. The van der Waals surface area contributed by atoms with Gasteiger partial charge >= 0.3 is 0 Å². The summed E-state index contributed by atoms with van der Waals surface area (Å²) in [5, 5.41) is 0.983. The number of nitrogens with zero attached hydrogens (tertiary/aromatic N) is 1. The van der Waals surface area contributed by atoms with Crippen molar-refractivity contribution in [2.24, 2.45) is 0 Å². The average molecular weight is 489 g/mol. The molecule has 1 fully saturated rings. The SMILES string of the molecule is CN1C(=O)/C(=C/c2cc(Br)ccc2OCc2ccc(Cl)c(Cl)c2)SC1=S. The van der Waals surface area contributed by atoms with Crippen LogP contribution in [0.2, 0.25) is 10.0 Å². The lowest BCUT2D eigenvalue weighted by Crippen LogP contribution is -2.22. The molecule has 0 aromatic heterocycles. The molecule has 0 spiro atoms. The van der Waals surface area contributed by atoms with Gasteiger partial charge in [0.05, 0.1) is 15.0 Å². The molecule has 0 aliphatic carbocycles. The number of thioether (sulfide) groups is 1. The third kappa shape index (κ3) is 4.43. The van der Waals surface area contributed by atoms with Gasteiger partial charge in [-0.3, -0.25) is 9.69 Å². The molecule has 1 heterocycles. The Kier molecular flexibility index (Phi) is 6.30. The maximum atomic E-state index is 12.2. The van der Waals surface area contributed by atoms with Crippen molar-refractivity contribution in [1.82, 2.24) is 4.90 Å². The second-order valence-corrected chi connectivity index (χ2v) is 8.87. The topological polar surface area (TPSA) is 29.5 Å². The molecular weight excluding hydrogens is 477 g/mol. The number of rotatable bonds is 4. The van der Waals surface area contributed by atoms with Gasteiger partial charge in [0.2, 0.25) is 0 Å². The summed E-state index contributed by atoms with van der Waals surface area (Å²) < 4.78 is 7.36. The predicted octanol–water partition coefficient (Wildman–Crippen LogP) is 6.17. The number of carbonyl (C=O) groups excluding carboxylic acids is 1. The van der Waals surface area contributed by atoms with E-state index >= 15 is 0 Å². The van der Waals surface area contributed by atoms with Crippen molar-refractivity contribution in [3.63, 3.8) is 0 Å². The van der Waals surface area contributed by atoms with Gasteiger partial charge in [-0.15, -0.1) is 0 Å². The van der Waals surface area contributed by atoms with Crippen LogP contribution >= 0.6 is 63.1 Å². The Morgan fingerprint density at radius 2 is 2.00 bits per heavy atom. The normalized spacial score (nSPS) is 15.8. The zero-order chi connectivity index (χ0) is 18.8. The summed E-state index contributed by atoms with van der Waals surface area (Å²) in [4.78, 5) is 14.3. The van der Waals surface area contributed by atoms with E-state index in [-0.39, 0.29) is 5.91 Å². The average Bonchev–Trinajstić information content (AvgIpc) is 2.84. The molecule has 1 saturated heterocycles. The number of carbonyl (C=O) groups is 1. The second kappa shape index (κ2) is 8.31. The highest BCUT2D eigenvalue weighted by Crippen LogP contribution is 2.34. The lowest BCUT2D eigenvalue weighted by molar-refractivity contribution is -0.121. The Morgan fingerprint density at radius 3 is 2.65 bits per heavy atom. The van der Waals surface area contributed by atoms with Gasteiger partial charge in [-0.2, -0.15) is 0 Å². The molecule has 1 aliphatic rings. The van der Waals surface area contributed by atoms with Crippen LogP contribution in [0.15, 0.2) is 45.8 Å². The van der Waals surface area contributed by atoms with Crippen molar-refractivity contribution in [1.29, 1.82) is 0 Å². The zero-order valence-electron chi connectivity index (χ0n) is 13.5. The predicted molar refractivity (Wildman–Crippen MR) is 116 cm³/mol. The van der Waals surface area contributed by atoms with E-state index in [2.05, 4.69) is 15.9 Å². The van der Waals surface area contributed by atoms with E-state index in [0.717, 1.165) is 15.6 Å². The van der Waals surface area contributed by atoms with Gasteiger partial charge in [0.25, 0.3) is 5.91 Å². The maximum Gasteiger partial charge on any atom is 0.265 e. The minimum Gasteiger partial charge on any atom is -0.488 e. The molecule has 134 valence electrons. The summed E-state index contributed by atoms with van der Waals surface area (Å²) in [6, 6.07) is 11.0. The molecule has 2 aromatic carbocycles. The number of halogens is 3. The first-order valence-corrected chi connectivity index (χ1v) is 10.2. The standard InChI is InChI=1S/C18H12BrCl2NO2S2/c1-22-17(23)16(26-18(22)25)8-11-7-12(19)3-5-15(11)24-9-10-2-4-13(20)14(21)6-10/h2-8H,9H2,1H3/b16-8-. The first-order valence-electron chi connectivity index (χ1n) is 7.43. The van der Waals surface area contributed by atoms with Crippen molar-refractivity contribution in [2.75, 3.05) is 7.05 Å². The minimum atomic E-state index is -0.115. The Hall–Kier alpha value is -1.05. The number of benzene rings is 2. The fourth-order valence-corrected chi connectivity index (χ4v) is 4.11. The van der Waals surface area contributed by atoms with Crippen molar-refractivity contribution in [2.45, 2.75) is 6.61 Å². The van der Waals surface area contributed by atoms with Gasteiger partial charge in [-0.25, -0.2) is 0 Å². The van der Waals surface area contributed by atoms with Crippen LogP contribution in [0.1, 0.15) is 11.1 Å². The van der Waals surface area contributed by atoms with Gasteiger partial charge in [-0.1, -0.05) is 69.2 Å². The van der Waals surface area contributed by atoms with E-state index < -0.39 is 0 Å². The van der Waals surface area contributed by atoms with Crippen molar-refractivity contribution in [3.8, 4) is 5.75 Å². The van der Waals surface area contributed by atoms with Crippen molar-refractivity contribution >= 4 is 79.4 Å². The van der Waals surface area contributed by atoms with Crippen molar-refractivity contribution in [3.05, 3.63) is 66.9 Å². The molecule has 0 bridgehead atoms. The Bertz CT molecular complexity index is 933. The van der Waals surface area contributed by atoms with Crippen LogP contribution in [0.4, 0.5) is 0 Å². The van der Waals surface area contributed by atoms with E-state index in [9.17, 15) is 4.79 Å². The highest BCUT2D eigenvalue weighted by molar-refractivity contribution is 9.10. The van der Waals surface area contributed by atoms with Crippen LogP contribution in [0, 0.1) is 0 Å². The van der Waals surface area contributed by atoms with Crippen molar-refractivity contribution < 1.29 is 9.53 Å². The number of likely N-dealkylation sites (N-methyl/N-ethyl adjacent to an activating group) is 1. The Morgan fingerprint density at radius 1 is 1.23 bits per heavy atom. The van der Waals surface area contributed by atoms with Crippen LogP contribution in [-0.2, 0) is 11.4 Å². The fourth-order valence-electron chi connectivity index (χ4n) is 2.24. The minimum absolute atomic E-state index is 0.115. The van der Waals surface area contributed by atoms with Crippen LogP contribution in [0.3, 0.4) is 0 Å². The van der Waals surface area contributed by atoms with E-state index in [1.165, 1.54) is 16.7 Å². The summed E-state index contributed by atoms with van der Waals surface area (Å²) in [7, 11) is 1.67. The molecular formula is C18H12BrCl2NO2S2. The molecule has 0 N–H and O–H groups in total. The quantitative estimate of drug-likeness (QED) is 0.380. The molecule has 2 aromatic rings. The molecule has 0 saturated carbocycles. The van der Waals surface area contributed by atoms with E-state index in [0.29, 0.717) is 31.6 Å². The Labute approximate surface area is 179 Å². The zero-order valence-corrected chi connectivity index (χ0v) is 18.2. The summed E-state index contributed by atoms with van der Waals surface area (Å²) in [6.45, 7) is 0.327. The number of ether oxygens (including phenoxy) is 1. The molecule has 26 heavy (non-hydrogen) atoms. The van der Waals surface area contributed by atoms with Crippen LogP contribution in [0.25, 0.3) is 6.08 Å². The molecule has 3 nitrogen and oxygen atoms in total. The summed E-state index contributed by atoms with van der Waals surface area (Å²) in [6.07, 6.45) is 1.79. The van der Waals surface area contributed by atoms with Crippen LogP contribution < -0.4 is 4.74 Å². The van der Waals surface area contributed by atoms with E-state index in [1.54, 1.807) is 25.3 Å². The van der Waals surface area contributed by atoms with Gasteiger partial charge in [0, 0.05) is 17.1 Å². The number of thiocarbonyl (C=S) groups is 1. The molecule has 0 radical (unpaired) electrons. The molecule has 1 aliphatic heterocycles. The third-order valence-electron chi connectivity index (χ3n) is 3.62. The smallest absolute Gasteiger partial charge is 0.265 e. The van der Waals surface area contributed by atoms with Crippen LogP contribution in [0.5, 0.6) is 5.75 Å². The highest BCUT2D eigenvalue weighted by Gasteiger charge is 2.29. The van der Waals surface area contributed by atoms with E-state index in [4.69, 9.17) is 40.2 Å². The largest absolute Gasteiger partial charge is 0.488 e. The second-order valence-electron chi connectivity index (χ2n) is 5.46. The summed E-state index contributed by atoms with van der Waals surface area (Å²) in [5.41, 5.74) is 1.68. The van der Waals surface area contributed by atoms with Crippen LogP contribution in [-0.4, -0.2) is 22.2 Å². The number of amides is 1. The molecule has 3 rings (SSSR count). The van der Waals surface area contributed by atoms with Gasteiger partial charge < -0.3 is 4.74 Å². The lowest BCUT2D eigenvalue weighted by Gasteiger charge is -2.11. The van der Waals surface area contributed by atoms with Gasteiger partial charge in [0.1, 0.15) is 16.7 Å². The first-order chi connectivity index (χ1) is 12.3. The van der Waals surface area contributed by atoms with Gasteiger partial charge in [0.15, 0.2) is 0 Å². The number of hydrogen-bond donors (Lipinski definition) is 0. The molecule has 8 heteroatoms. The Balaban J connectivity index is 1.85. The summed E-state index contributed by atoms with van der Waals surface area (Å²) in [5.74, 6) is 0.538. The van der Waals surface area contributed by atoms with Gasteiger partial charge in [-0.05, 0) is 42.0 Å². The third-order valence-corrected chi connectivity index (χ3v) is 6.34. The fraction of sp³-hybridized carbons (Fsp3) is 0.111. The lowest BCUT2D eigenvalue weighted by atomic mass is 10.1. The number of hydrogen-bond acceptors (Lipinski definition) is 4. The van der Waals surface area contributed by atoms with E-state index in [1.807, 2.05) is 24.3 Å². The first kappa shape index (κ1) is 19.7. The summed E-state index contributed by atoms with van der Waals surface area (Å²) >= 11 is 21.9. The monoisotopic (exact) mass is 487 g/mol. The maximum absolute atomic E-state index is 12.2. The molecule has 0 atom stereocenters. The molecule has 1 amide bonds. The highest BCUT2D eigenvalue weighted by atomic mass is 79.9.